The minimum Gasteiger partial charge on any atom is -0.505 e. The van der Waals surface area contributed by atoms with Crippen LogP contribution in [0.1, 0.15) is 40.5 Å². The normalized spacial score (nSPS) is 15.6. The molecule has 4 aromatic rings. The van der Waals surface area contributed by atoms with Gasteiger partial charge in [-0.05, 0) is 77.8 Å². The summed E-state index contributed by atoms with van der Waals surface area (Å²) < 4.78 is 26.4. The SMILES string of the molecule is CC1=C(C)N(c2[c-]cccc2)[CH-]N1CCCCN1[CH-]N(c2[c-]cccc2)C(C)=C1C.CN1[CH-]N(c2[c-]cc(F)nc2F)c2nccnc21.[Ir]. The number of rotatable bonds is 8. The standard InChI is InChI=1S/C26H30N4.C11H7F2N5.Ir/c1-21-23(3)29(25-13-7-5-8-14-25)19-27(21)17-11-12-18-28-20-30(24(4)22(28)2)26-15-9-6-10-16-26;1-17-6-18(11-10(17)14-4-5-15-11)7-2-3-8(12)16-9(7)13;/h5-10,13,15,19-20H,11-12,17-18H2,1-4H3;3-6H,1H3;/q-4;-2;. The topological polar surface area (TPSA) is 58.1 Å². The van der Waals surface area contributed by atoms with Gasteiger partial charge in [-0.15, -0.1) is 24.1 Å². The number of para-hydroxylation sites is 2. The van der Waals surface area contributed by atoms with E-state index in [4.69, 9.17) is 0 Å². The molecular formula is C37H37F2IrN9-6. The maximum absolute atomic E-state index is 13.6. The molecule has 2 aromatic heterocycles. The first-order valence-corrected chi connectivity index (χ1v) is 15.7. The molecule has 0 saturated carbocycles. The van der Waals surface area contributed by atoms with E-state index >= 15 is 0 Å². The van der Waals surface area contributed by atoms with Crippen molar-refractivity contribution in [1.29, 1.82) is 0 Å². The van der Waals surface area contributed by atoms with Gasteiger partial charge in [-0.2, -0.15) is 80.1 Å². The Morgan fingerprint density at radius 1 is 0.673 bits per heavy atom. The molecule has 1 radical (unpaired) electrons. The zero-order valence-electron chi connectivity index (χ0n) is 28.0. The van der Waals surface area contributed by atoms with Crippen LogP contribution in [0.25, 0.3) is 0 Å². The van der Waals surface area contributed by atoms with E-state index in [2.05, 4.69) is 118 Å². The van der Waals surface area contributed by atoms with Gasteiger partial charge in [0.2, 0.25) is 0 Å². The fourth-order valence-corrected chi connectivity index (χ4v) is 5.68. The van der Waals surface area contributed by atoms with Crippen LogP contribution in [0.5, 0.6) is 0 Å². The third-order valence-corrected chi connectivity index (χ3v) is 8.57. The van der Waals surface area contributed by atoms with Crippen molar-refractivity contribution in [2.75, 3.05) is 39.7 Å². The Kier molecular flexibility index (Phi) is 11.5. The van der Waals surface area contributed by atoms with Crippen LogP contribution in [0, 0.1) is 50.1 Å². The summed E-state index contributed by atoms with van der Waals surface area (Å²) in [5, 5.41) is 0. The molecule has 0 N–H and O–H groups in total. The average Bonchev–Trinajstić information content (AvgIpc) is 3.70. The van der Waals surface area contributed by atoms with Gasteiger partial charge in [0.05, 0.1) is 5.95 Å². The number of aromatic nitrogens is 3. The van der Waals surface area contributed by atoms with Crippen LogP contribution in [-0.4, -0.2) is 44.9 Å². The van der Waals surface area contributed by atoms with E-state index in [-0.39, 0.29) is 25.8 Å². The van der Waals surface area contributed by atoms with Gasteiger partial charge in [0, 0.05) is 43.9 Å². The molecule has 3 aliphatic heterocycles. The van der Waals surface area contributed by atoms with Gasteiger partial charge in [0.25, 0.3) is 0 Å². The van der Waals surface area contributed by atoms with Crippen molar-refractivity contribution in [3.05, 3.63) is 140 Å². The second-order valence-corrected chi connectivity index (χ2v) is 11.6. The molecule has 0 saturated heterocycles. The first kappa shape index (κ1) is 35.8. The minimum atomic E-state index is -0.946. The van der Waals surface area contributed by atoms with Gasteiger partial charge < -0.3 is 34.4 Å². The van der Waals surface area contributed by atoms with Crippen LogP contribution in [-0.2, 0) is 20.1 Å². The number of unbranched alkanes of at least 4 members (excludes halogenated alkanes) is 1. The van der Waals surface area contributed by atoms with Crippen molar-refractivity contribution >= 4 is 28.7 Å². The Morgan fingerprint density at radius 2 is 1.20 bits per heavy atom. The summed E-state index contributed by atoms with van der Waals surface area (Å²) in [6, 6.07) is 26.4. The molecule has 0 fully saturated rings. The molecule has 12 heteroatoms. The predicted molar refractivity (Wildman–Crippen MR) is 183 cm³/mol. The summed E-state index contributed by atoms with van der Waals surface area (Å²) in [4.78, 5) is 23.6. The van der Waals surface area contributed by atoms with Crippen molar-refractivity contribution in [3.8, 4) is 0 Å². The molecule has 0 amide bonds. The maximum atomic E-state index is 13.6. The van der Waals surface area contributed by atoms with E-state index in [1.807, 2.05) is 24.3 Å². The van der Waals surface area contributed by atoms with E-state index in [0.717, 1.165) is 43.4 Å². The van der Waals surface area contributed by atoms with Gasteiger partial charge in [0.15, 0.2) is 0 Å². The van der Waals surface area contributed by atoms with Crippen LogP contribution in [0.2, 0.25) is 0 Å². The van der Waals surface area contributed by atoms with Gasteiger partial charge in [-0.25, -0.2) is 9.97 Å². The Morgan fingerprint density at radius 3 is 1.69 bits per heavy atom. The summed E-state index contributed by atoms with van der Waals surface area (Å²) >= 11 is 0. The first-order valence-electron chi connectivity index (χ1n) is 15.7. The molecule has 7 rings (SSSR count). The Labute approximate surface area is 301 Å². The molecule has 3 aliphatic rings. The largest absolute Gasteiger partial charge is 0.505 e. The zero-order chi connectivity index (χ0) is 33.8. The third-order valence-electron chi connectivity index (χ3n) is 8.57. The van der Waals surface area contributed by atoms with Crippen LogP contribution >= 0.6 is 0 Å². The van der Waals surface area contributed by atoms with E-state index < -0.39 is 11.9 Å². The van der Waals surface area contributed by atoms with E-state index in [1.54, 1.807) is 18.6 Å². The molecule has 0 unspecified atom stereocenters. The van der Waals surface area contributed by atoms with E-state index in [0.29, 0.717) is 11.6 Å². The number of hydrogen-bond donors (Lipinski definition) is 0. The molecule has 259 valence electrons. The van der Waals surface area contributed by atoms with Crippen molar-refractivity contribution < 1.29 is 28.9 Å². The van der Waals surface area contributed by atoms with Gasteiger partial charge in [0.1, 0.15) is 17.6 Å². The Bertz CT molecular complexity index is 1710. The van der Waals surface area contributed by atoms with E-state index in [1.165, 1.54) is 40.1 Å². The number of pyridine rings is 1. The summed E-state index contributed by atoms with van der Waals surface area (Å²) in [6.07, 6.45) is 5.31. The summed E-state index contributed by atoms with van der Waals surface area (Å²) in [5.41, 5.74) is 7.37. The van der Waals surface area contributed by atoms with Crippen molar-refractivity contribution in [1.82, 2.24) is 24.8 Å². The number of anilines is 5. The van der Waals surface area contributed by atoms with Crippen LogP contribution in [0.3, 0.4) is 0 Å². The molecular weight excluding hydrogens is 801 g/mol. The van der Waals surface area contributed by atoms with Gasteiger partial charge >= 0.3 is 0 Å². The zero-order valence-corrected chi connectivity index (χ0v) is 30.4. The number of halogens is 2. The van der Waals surface area contributed by atoms with Gasteiger partial charge in [-0.3, -0.25) is 8.78 Å². The quantitative estimate of drug-likeness (QED) is 0.103. The Balaban J connectivity index is 0.000000210. The Hall–Kier alpha value is -4.54. The number of nitrogens with zero attached hydrogens (tertiary/aromatic N) is 9. The first-order chi connectivity index (χ1) is 23.2. The van der Waals surface area contributed by atoms with Crippen LogP contribution in [0.15, 0.2) is 89.8 Å². The summed E-state index contributed by atoms with van der Waals surface area (Å²) in [6.45, 7) is 16.8. The van der Waals surface area contributed by atoms with Crippen molar-refractivity contribution in [3.63, 3.8) is 0 Å². The van der Waals surface area contributed by atoms with Crippen LogP contribution in [0.4, 0.5) is 37.5 Å². The summed E-state index contributed by atoms with van der Waals surface area (Å²) in [5.74, 6) is -0.834. The second-order valence-electron chi connectivity index (χ2n) is 11.6. The van der Waals surface area contributed by atoms with Crippen LogP contribution < -0.4 is 19.6 Å². The fourth-order valence-electron chi connectivity index (χ4n) is 5.68. The molecule has 5 heterocycles. The second kappa shape index (κ2) is 15.8. The van der Waals surface area contributed by atoms with Crippen molar-refractivity contribution in [2.45, 2.75) is 40.5 Å². The van der Waals surface area contributed by atoms with E-state index in [9.17, 15) is 8.78 Å². The van der Waals surface area contributed by atoms with Crippen molar-refractivity contribution in [2.24, 2.45) is 0 Å². The predicted octanol–water partition coefficient (Wildman–Crippen LogP) is 7.41. The molecule has 0 bridgehead atoms. The monoisotopic (exact) mass is 838 g/mol. The fraction of sp³-hybridized carbons (Fsp3) is 0.243. The minimum absolute atomic E-state index is 0. The molecule has 49 heavy (non-hydrogen) atoms. The smallest absolute Gasteiger partial charge is 0.144 e. The molecule has 2 aromatic carbocycles. The third kappa shape index (κ3) is 7.71. The number of allylic oxidation sites excluding steroid dienone is 4. The molecule has 9 nitrogen and oxygen atoms in total. The average molecular weight is 838 g/mol. The number of benzene rings is 2. The van der Waals surface area contributed by atoms with Gasteiger partial charge in [-0.1, -0.05) is 0 Å². The molecule has 0 aliphatic carbocycles. The number of fused-ring (bicyclic) bond motifs is 1. The number of hydrogen-bond acceptors (Lipinski definition) is 9. The molecule has 0 spiro atoms. The molecule has 0 atom stereocenters. The summed E-state index contributed by atoms with van der Waals surface area (Å²) in [7, 11) is 1.75. The maximum Gasteiger partial charge on any atom is 0.144 e.